The Balaban J connectivity index is 1.48. The van der Waals surface area contributed by atoms with Crippen LogP contribution in [0.2, 0.25) is 0 Å². The number of benzene rings is 1. The van der Waals surface area contributed by atoms with E-state index in [1.165, 1.54) is 12.1 Å². The van der Waals surface area contributed by atoms with Crippen LogP contribution in [-0.2, 0) is 4.74 Å². The molecule has 0 amide bonds. The highest BCUT2D eigenvalue weighted by molar-refractivity contribution is 5.73. The molecule has 0 bridgehead atoms. The number of nitrogens with two attached hydrogens (primary N) is 1. The topological polar surface area (TPSA) is 54.1 Å². The van der Waals surface area contributed by atoms with Crippen molar-refractivity contribution in [2.75, 3.05) is 44.2 Å². The Morgan fingerprint density at radius 2 is 1.90 bits per heavy atom. The highest BCUT2D eigenvalue weighted by Gasteiger charge is 2.24. The van der Waals surface area contributed by atoms with Gasteiger partial charge in [0.2, 0.25) is 0 Å². The molecule has 1 fully saturated rings. The molecule has 1 saturated heterocycles. The summed E-state index contributed by atoms with van der Waals surface area (Å²) in [4.78, 5) is 8.69. The minimum Gasteiger partial charge on any atom is -0.459 e. The van der Waals surface area contributed by atoms with Gasteiger partial charge in [-0.05, 0) is 24.3 Å². The first-order valence-corrected chi connectivity index (χ1v) is 6.90. The molecule has 2 N–H and O–H groups in total. The second-order valence-electron chi connectivity index (χ2n) is 5.18. The number of amidine groups is 1. The van der Waals surface area contributed by atoms with Gasteiger partial charge in [-0.25, -0.2) is 9.38 Å². The number of ether oxygens (including phenoxy) is 1. The van der Waals surface area contributed by atoms with Crippen LogP contribution in [0.25, 0.3) is 0 Å². The first-order valence-electron chi connectivity index (χ1n) is 6.90. The predicted octanol–water partition coefficient (Wildman–Crippen LogP) is 0.661. The second kappa shape index (κ2) is 5.66. The second-order valence-corrected chi connectivity index (χ2v) is 5.18. The van der Waals surface area contributed by atoms with Crippen LogP contribution in [0.3, 0.4) is 0 Å². The number of nitrogens with zero attached hydrogens (tertiary/aromatic N) is 3. The number of hydrogen-bond acceptors (Lipinski definition) is 5. The number of anilines is 1. The molecule has 0 radical (unpaired) electrons. The lowest BCUT2D eigenvalue weighted by molar-refractivity contribution is 0.139. The molecule has 6 heteroatoms. The van der Waals surface area contributed by atoms with Gasteiger partial charge in [0.05, 0.1) is 6.54 Å². The lowest BCUT2D eigenvalue weighted by atomic mass is 10.2. The molecule has 0 aliphatic carbocycles. The zero-order valence-corrected chi connectivity index (χ0v) is 11.3. The third-order valence-corrected chi connectivity index (χ3v) is 3.76. The summed E-state index contributed by atoms with van der Waals surface area (Å²) in [7, 11) is 0. The average molecular weight is 278 g/mol. The van der Waals surface area contributed by atoms with Crippen LogP contribution in [0, 0.1) is 5.82 Å². The number of rotatable bonds is 3. The number of hydrogen-bond donors (Lipinski definition) is 1. The Labute approximate surface area is 117 Å². The van der Waals surface area contributed by atoms with Gasteiger partial charge in [-0.2, -0.15) is 0 Å². The fraction of sp³-hybridized carbons (Fsp3) is 0.500. The van der Waals surface area contributed by atoms with Crippen LogP contribution in [0.4, 0.5) is 10.1 Å². The first-order chi connectivity index (χ1) is 9.70. The van der Waals surface area contributed by atoms with Gasteiger partial charge in [0, 0.05) is 38.4 Å². The summed E-state index contributed by atoms with van der Waals surface area (Å²) in [5.74, 6) is -0.191. The first kappa shape index (κ1) is 13.2. The summed E-state index contributed by atoms with van der Waals surface area (Å²) in [5.41, 5.74) is 6.59. The van der Waals surface area contributed by atoms with E-state index >= 15 is 0 Å². The maximum atomic E-state index is 12.9. The van der Waals surface area contributed by atoms with Crippen LogP contribution in [0.15, 0.2) is 29.3 Å². The lowest BCUT2D eigenvalue weighted by Crippen LogP contribution is -2.49. The molecule has 0 aromatic heterocycles. The fourth-order valence-electron chi connectivity index (χ4n) is 2.66. The minimum absolute atomic E-state index is 0.0902. The van der Waals surface area contributed by atoms with E-state index in [-0.39, 0.29) is 11.9 Å². The largest absolute Gasteiger partial charge is 0.459 e. The maximum Gasteiger partial charge on any atom is 0.282 e. The molecular formula is C14H19FN4O. The normalized spacial score (nSPS) is 23.6. The molecule has 2 heterocycles. The van der Waals surface area contributed by atoms with Crippen LogP contribution in [-0.4, -0.2) is 56.3 Å². The smallest absolute Gasteiger partial charge is 0.282 e. The Morgan fingerprint density at radius 3 is 2.50 bits per heavy atom. The predicted molar refractivity (Wildman–Crippen MR) is 76.4 cm³/mol. The molecule has 1 aromatic rings. The monoisotopic (exact) mass is 278 g/mol. The molecule has 108 valence electrons. The van der Waals surface area contributed by atoms with E-state index in [1.807, 2.05) is 12.1 Å². The van der Waals surface area contributed by atoms with Gasteiger partial charge in [-0.15, -0.1) is 0 Å². The Kier molecular flexibility index (Phi) is 3.73. The zero-order valence-electron chi connectivity index (χ0n) is 11.3. The van der Waals surface area contributed by atoms with E-state index in [0.29, 0.717) is 12.6 Å². The van der Waals surface area contributed by atoms with Crippen molar-refractivity contribution < 1.29 is 9.13 Å². The molecule has 5 nitrogen and oxygen atoms in total. The van der Waals surface area contributed by atoms with Crippen LogP contribution in [0.1, 0.15) is 0 Å². The third kappa shape index (κ3) is 3.01. The van der Waals surface area contributed by atoms with E-state index in [2.05, 4.69) is 14.8 Å². The van der Waals surface area contributed by atoms with Crippen molar-refractivity contribution in [3.8, 4) is 0 Å². The summed E-state index contributed by atoms with van der Waals surface area (Å²) in [5, 5.41) is 0. The molecular weight excluding hydrogens is 259 g/mol. The van der Waals surface area contributed by atoms with Crippen LogP contribution < -0.4 is 10.6 Å². The number of piperazine rings is 1. The Bertz CT molecular complexity index is 482. The summed E-state index contributed by atoms with van der Waals surface area (Å²) in [6.45, 7) is 5.34. The summed E-state index contributed by atoms with van der Waals surface area (Å²) in [6.07, 6.45) is 0.0902. The molecule has 1 atom stereocenters. The van der Waals surface area contributed by atoms with E-state index in [9.17, 15) is 4.39 Å². The number of aliphatic imine (C=N–C) groups is 1. The van der Waals surface area contributed by atoms with Crippen molar-refractivity contribution in [1.29, 1.82) is 0 Å². The van der Waals surface area contributed by atoms with Gasteiger partial charge < -0.3 is 15.4 Å². The Hall–Kier alpha value is -1.82. The molecule has 1 aromatic carbocycles. The van der Waals surface area contributed by atoms with Crippen molar-refractivity contribution >= 4 is 11.7 Å². The van der Waals surface area contributed by atoms with Gasteiger partial charge in [0.25, 0.3) is 6.02 Å². The van der Waals surface area contributed by atoms with E-state index in [0.717, 1.165) is 38.4 Å². The molecule has 0 saturated carbocycles. The zero-order chi connectivity index (χ0) is 13.9. The van der Waals surface area contributed by atoms with Gasteiger partial charge >= 0.3 is 0 Å². The van der Waals surface area contributed by atoms with Crippen molar-refractivity contribution in [2.45, 2.75) is 6.10 Å². The van der Waals surface area contributed by atoms with Gasteiger partial charge in [0.1, 0.15) is 11.9 Å². The molecule has 2 aliphatic heterocycles. The van der Waals surface area contributed by atoms with E-state index < -0.39 is 0 Å². The fourth-order valence-corrected chi connectivity index (χ4v) is 2.66. The van der Waals surface area contributed by atoms with E-state index in [1.54, 1.807) is 0 Å². The average Bonchev–Trinajstić information content (AvgIpc) is 2.86. The van der Waals surface area contributed by atoms with Crippen molar-refractivity contribution in [2.24, 2.45) is 10.7 Å². The van der Waals surface area contributed by atoms with E-state index in [4.69, 9.17) is 10.5 Å². The summed E-state index contributed by atoms with van der Waals surface area (Å²) >= 11 is 0. The van der Waals surface area contributed by atoms with Crippen molar-refractivity contribution in [3.05, 3.63) is 30.1 Å². The molecule has 3 rings (SSSR count). The van der Waals surface area contributed by atoms with Gasteiger partial charge in [-0.3, -0.25) is 4.90 Å². The summed E-state index contributed by atoms with van der Waals surface area (Å²) < 4.78 is 18.3. The summed E-state index contributed by atoms with van der Waals surface area (Å²) in [6, 6.07) is 6.99. The molecule has 0 spiro atoms. The lowest BCUT2D eigenvalue weighted by Gasteiger charge is -2.36. The highest BCUT2D eigenvalue weighted by atomic mass is 19.1. The van der Waals surface area contributed by atoms with Crippen molar-refractivity contribution in [3.63, 3.8) is 0 Å². The molecule has 1 unspecified atom stereocenters. The standard InChI is InChI=1S/C14H19FN4O/c15-11-1-3-12(4-2-11)19-7-5-18(6-8-19)10-13-9-17-14(16)20-13/h1-4,13H,5-10H2,(H2,16,17). The minimum atomic E-state index is -0.191. The number of halogens is 1. The molecule has 2 aliphatic rings. The van der Waals surface area contributed by atoms with Gasteiger partial charge in [0.15, 0.2) is 0 Å². The molecule has 20 heavy (non-hydrogen) atoms. The maximum absolute atomic E-state index is 12.9. The SMILES string of the molecule is NC1=NCC(CN2CCN(c3ccc(F)cc3)CC2)O1. The quantitative estimate of drug-likeness (QED) is 0.882. The van der Waals surface area contributed by atoms with Crippen LogP contribution in [0.5, 0.6) is 0 Å². The highest BCUT2D eigenvalue weighted by Crippen LogP contribution is 2.17. The third-order valence-electron chi connectivity index (χ3n) is 3.76. The van der Waals surface area contributed by atoms with Gasteiger partial charge in [-0.1, -0.05) is 0 Å². The van der Waals surface area contributed by atoms with Crippen LogP contribution >= 0.6 is 0 Å². The van der Waals surface area contributed by atoms with Crippen molar-refractivity contribution in [1.82, 2.24) is 4.90 Å². The Morgan fingerprint density at radius 1 is 1.20 bits per heavy atom.